The second kappa shape index (κ2) is 17.6. The Morgan fingerprint density at radius 2 is 1.62 bits per heavy atom. The average molecular weight is 535 g/mol. The van der Waals surface area contributed by atoms with Crippen LogP contribution in [0.2, 0.25) is 0 Å². The van der Waals surface area contributed by atoms with Crippen LogP contribution >= 0.6 is 0 Å². The van der Waals surface area contributed by atoms with E-state index in [1.54, 1.807) is 18.0 Å². The summed E-state index contributed by atoms with van der Waals surface area (Å²) in [5.41, 5.74) is 1.93. The zero-order valence-corrected chi connectivity index (χ0v) is 23.0. The molecule has 2 atom stereocenters. The van der Waals surface area contributed by atoms with Gasteiger partial charge in [0.15, 0.2) is 0 Å². The molecule has 7 nitrogen and oxygen atoms in total. The maximum atomic E-state index is 13.4. The quantitative estimate of drug-likeness (QED) is 0.182. The molecule has 2 aromatic rings. The molecule has 0 aliphatic carbocycles. The van der Waals surface area contributed by atoms with E-state index in [4.69, 9.17) is 4.74 Å². The number of allylic oxidation sites excluding steroid dienone is 2. The van der Waals surface area contributed by atoms with Crippen molar-refractivity contribution >= 4 is 17.8 Å². The normalized spacial score (nSPS) is 12.1. The second-order valence-electron chi connectivity index (χ2n) is 9.74. The van der Waals surface area contributed by atoms with Crippen LogP contribution in [0.25, 0.3) is 0 Å². The Labute approximate surface area is 232 Å². The molecule has 0 aliphatic rings. The smallest absolute Gasteiger partial charge is 0.304 e. The molecule has 0 bridgehead atoms. The highest BCUT2D eigenvalue weighted by atomic mass is 16.5. The first-order chi connectivity index (χ1) is 18.8. The standard InChI is InChI=1S/C32H42N2O5/c1-4-6-8-13-21-34(3)32(38)29(33-31(37)27(23-30(35)36)16-10-7-5-2)22-25-17-19-28(20-18-25)39-24-26-14-11-9-12-15-26/h4-5,9,11-12,14-15,17-20,27,29H,1-2,6-8,10,13,16,21-24H2,3H3,(H,33,37)(H,35,36)/t27?,29-/m0/s1. The van der Waals surface area contributed by atoms with Crippen LogP contribution in [-0.4, -0.2) is 47.4 Å². The number of ether oxygens (including phenoxy) is 1. The zero-order chi connectivity index (χ0) is 28.5. The van der Waals surface area contributed by atoms with Crippen molar-refractivity contribution in [3.8, 4) is 5.75 Å². The van der Waals surface area contributed by atoms with E-state index in [1.807, 2.05) is 60.7 Å². The maximum Gasteiger partial charge on any atom is 0.304 e. The number of likely N-dealkylation sites (N-methyl/N-ethyl adjacent to an activating group) is 1. The highest BCUT2D eigenvalue weighted by Crippen LogP contribution is 2.18. The third kappa shape index (κ3) is 12.0. The number of amides is 2. The monoisotopic (exact) mass is 534 g/mol. The number of carbonyl (C=O) groups is 3. The summed E-state index contributed by atoms with van der Waals surface area (Å²) in [6.45, 7) is 8.43. The van der Waals surface area contributed by atoms with Crippen molar-refractivity contribution in [2.24, 2.45) is 5.92 Å². The maximum absolute atomic E-state index is 13.4. The predicted molar refractivity (Wildman–Crippen MR) is 154 cm³/mol. The lowest BCUT2D eigenvalue weighted by Crippen LogP contribution is -2.50. The third-order valence-electron chi connectivity index (χ3n) is 6.51. The van der Waals surface area contributed by atoms with Gasteiger partial charge in [0.2, 0.25) is 11.8 Å². The average Bonchev–Trinajstić information content (AvgIpc) is 2.94. The Hall–Kier alpha value is -3.87. The van der Waals surface area contributed by atoms with E-state index >= 15 is 0 Å². The third-order valence-corrected chi connectivity index (χ3v) is 6.51. The van der Waals surface area contributed by atoms with Crippen LogP contribution < -0.4 is 10.1 Å². The number of unbranched alkanes of at least 4 members (excludes halogenated alkanes) is 3. The highest BCUT2D eigenvalue weighted by Gasteiger charge is 2.28. The van der Waals surface area contributed by atoms with Gasteiger partial charge in [0, 0.05) is 25.9 Å². The van der Waals surface area contributed by atoms with E-state index in [9.17, 15) is 19.5 Å². The number of aliphatic carboxylic acids is 1. The molecule has 39 heavy (non-hydrogen) atoms. The summed E-state index contributed by atoms with van der Waals surface area (Å²) in [6.07, 6.45) is 7.99. The molecule has 0 fully saturated rings. The summed E-state index contributed by atoms with van der Waals surface area (Å²) in [5.74, 6) is -1.67. The summed E-state index contributed by atoms with van der Waals surface area (Å²) >= 11 is 0. The SMILES string of the molecule is C=CCCCCN(C)C(=O)[C@H](Cc1ccc(OCc2ccccc2)cc1)NC(=O)C(CCCC=C)CC(=O)O. The molecule has 0 saturated carbocycles. The number of carboxylic acid groups (broad SMARTS) is 1. The van der Waals surface area contributed by atoms with E-state index in [0.717, 1.165) is 30.4 Å². The number of carboxylic acids is 1. The molecular weight excluding hydrogens is 492 g/mol. The van der Waals surface area contributed by atoms with Crippen molar-refractivity contribution in [1.29, 1.82) is 0 Å². The molecule has 2 aromatic carbocycles. The van der Waals surface area contributed by atoms with E-state index in [1.165, 1.54) is 0 Å². The number of hydrogen-bond donors (Lipinski definition) is 2. The number of nitrogens with one attached hydrogen (secondary N) is 1. The van der Waals surface area contributed by atoms with Crippen LogP contribution in [0.3, 0.4) is 0 Å². The van der Waals surface area contributed by atoms with Gasteiger partial charge in [-0.05, 0) is 61.8 Å². The van der Waals surface area contributed by atoms with E-state index in [0.29, 0.717) is 38.2 Å². The fourth-order valence-electron chi connectivity index (χ4n) is 4.25. The number of nitrogens with zero attached hydrogens (tertiary/aromatic N) is 1. The molecule has 210 valence electrons. The fraction of sp³-hybridized carbons (Fsp3) is 0.406. The minimum absolute atomic E-state index is 0.202. The first-order valence-corrected chi connectivity index (χ1v) is 13.6. The lowest BCUT2D eigenvalue weighted by Gasteiger charge is -2.26. The summed E-state index contributed by atoms with van der Waals surface area (Å²) in [4.78, 5) is 39.6. The topological polar surface area (TPSA) is 95.9 Å². The van der Waals surface area contributed by atoms with Crippen molar-refractivity contribution in [3.05, 3.63) is 91.0 Å². The predicted octanol–water partition coefficient (Wildman–Crippen LogP) is 5.55. The number of rotatable bonds is 19. The minimum atomic E-state index is -1.04. The van der Waals surface area contributed by atoms with Gasteiger partial charge in [-0.1, -0.05) is 54.6 Å². The van der Waals surface area contributed by atoms with Gasteiger partial charge in [-0.3, -0.25) is 14.4 Å². The van der Waals surface area contributed by atoms with E-state index < -0.39 is 23.8 Å². The summed E-state index contributed by atoms with van der Waals surface area (Å²) in [7, 11) is 1.73. The Morgan fingerprint density at radius 3 is 2.26 bits per heavy atom. The van der Waals surface area contributed by atoms with Gasteiger partial charge in [0.1, 0.15) is 18.4 Å². The lowest BCUT2D eigenvalue weighted by molar-refractivity contribution is -0.142. The molecule has 1 unspecified atom stereocenters. The largest absolute Gasteiger partial charge is 0.489 e. The van der Waals surface area contributed by atoms with Crippen LogP contribution in [0.1, 0.15) is 56.1 Å². The number of carbonyl (C=O) groups excluding carboxylic acids is 2. The van der Waals surface area contributed by atoms with E-state index in [-0.39, 0.29) is 18.7 Å². The molecule has 2 rings (SSSR count). The Kier molecular flexibility index (Phi) is 14.2. The molecule has 0 saturated heterocycles. The summed E-state index contributed by atoms with van der Waals surface area (Å²) in [5, 5.41) is 12.2. The Balaban J connectivity index is 2.12. The van der Waals surface area contributed by atoms with E-state index in [2.05, 4.69) is 18.5 Å². The van der Waals surface area contributed by atoms with Crippen molar-refractivity contribution in [2.75, 3.05) is 13.6 Å². The fourth-order valence-corrected chi connectivity index (χ4v) is 4.25. The van der Waals surface area contributed by atoms with Crippen LogP contribution in [0.4, 0.5) is 0 Å². The van der Waals surface area contributed by atoms with Gasteiger partial charge in [-0.25, -0.2) is 0 Å². The highest BCUT2D eigenvalue weighted by molar-refractivity contribution is 5.90. The number of hydrogen-bond acceptors (Lipinski definition) is 4. The van der Waals surface area contributed by atoms with Gasteiger partial charge in [-0.2, -0.15) is 0 Å². The summed E-state index contributed by atoms with van der Waals surface area (Å²) < 4.78 is 5.87. The van der Waals surface area contributed by atoms with Crippen molar-refractivity contribution in [2.45, 2.75) is 64.0 Å². The van der Waals surface area contributed by atoms with Gasteiger partial charge in [0.25, 0.3) is 0 Å². The Bertz CT molecular complexity index is 1050. The minimum Gasteiger partial charge on any atom is -0.489 e. The molecule has 0 heterocycles. The van der Waals surface area contributed by atoms with Crippen LogP contribution in [0.15, 0.2) is 79.9 Å². The molecule has 0 spiro atoms. The summed E-state index contributed by atoms with van der Waals surface area (Å²) in [6, 6.07) is 16.5. The number of benzene rings is 2. The molecular formula is C32H42N2O5. The van der Waals surface area contributed by atoms with Gasteiger partial charge < -0.3 is 20.1 Å². The molecule has 2 N–H and O–H groups in total. The zero-order valence-electron chi connectivity index (χ0n) is 23.0. The van der Waals surface area contributed by atoms with Gasteiger partial charge in [-0.15, -0.1) is 13.2 Å². The van der Waals surface area contributed by atoms with Crippen molar-refractivity contribution < 1.29 is 24.2 Å². The lowest BCUT2D eigenvalue weighted by atomic mass is 9.96. The van der Waals surface area contributed by atoms with Crippen LogP contribution in [0, 0.1) is 5.92 Å². The molecule has 2 amide bonds. The molecule has 0 aromatic heterocycles. The molecule has 7 heteroatoms. The Morgan fingerprint density at radius 1 is 0.949 bits per heavy atom. The molecule has 0 radical (unpaired) electrons. The first kappa shape index (κ1) is 31.3. The first-order valence-electron chi connectivity index (χ1n) is 13.6. The van der Waals surface area contributed by atoms with Gasteiger partial charge >= 0.3 is 5.97 Å². The molecule has 0 aliphatic heterocycles. The van der Waals surface area contributed by atoms with Crippen LogP contribution in [-0.2, 0) is 27.4 Å². The second-order valence-corrected chi connectivity index (χ2v) is 9.74. The van der Waals surface area contributed by atoms with Crippen LogP contribution in [0.5, 0.6) is 5.75 Å². The van der Waals surface area contributed by atoms with Crippen molar-refractivity contribution in [3.63, 3.8) is 0 Å². The van der Waals surface area contributed by atoms with Crippen molar-refractivity contribution in [1.82, 2.24) is 10.2 Å². The van der Waals surface area contributed by atoms with Gasteiger partial charge in [0.05, 0.1) is 6.42 Å².